The van der Waals surface area contributed by atoms with Gasteiger partial charge in [-0.05, 0) is 50.7 Å². The third kappa shape index (κ3) is 2.25. The van der Waals surface area contributed by atoms with Gasteiger partial charge in [-0.1, -0.05) is 0 Å². The maximum Gasteiger partial charge on any atom is 0.226 e. The molecule has 3 atom stereocenters. The SMILES string of the molecule is O=C(C1CC1)N1[C@@H]2CC[C@H]1CC(O)(Cn1ccc3ccncc31)C2. The Hall–Kier alpha value is -1.88. The van der Waals surface area contributed by atoms with Crippen LogP contribution in [0.15, 0.2) is 30.7 Å². The molecule has 0 aromatic carbocycles. The molecule has 1 saturated carbocycles. The van der Waals surface area contributed by atoms with Crippen molar-refractivity contribution in [1.82, 2.24) is 14.5 Å². The average Bonchev–Trinajstić information content (AvgIpc) is 3.29. The van der Waals surface area contributed by atoms with Crippen molar-refractivity contribution < 1.29 is 9.90 Å². The lowest BCUT2D eigenvalue weighted by atomic mass is 9.85. The minimum atomic E-state index is -0.728. The van der Waals surface area contributed by atoms with Gasteiger partial charge < -0.3 is 14.6 Å². The lowest BCUT2D eigenvalue weighted by Gasteiger charge is -2.44. The zero-order valence-electron chi connectivity index (χ0n) is 13.8. The van der Waals surface area contributed by atoms with Crippen molar-refractivity contribution in [3.8, 4) is 0 Å². The van der Waals surface area contributed by atoms with Crippen LogP contribution in [-0.4, -0.2) is 43.1 Å². The fraction of sp³-hybridized carbons (Fsp3) is 0.579. The molecule has 3 aliphatic rings. The number of pyridine rings is 1. The standard InChI is InChI=1S/C19H23N3O2/c23-18(14-1-2-14)22-15-3-4-16(22)10-19(24,9-15)12-21-8-6-13-5-7-20-11-17(13)21/h5-8,11,14-16,24H,1-4,9-10,12H2/t15-,16+,19?. The second-order valence-corrected chi connectivity index (χ2v) is 7.92. The van der Waals surface area contributed by atoms with E-state index in [1.165, 1.54) is 0 Å². The molecule has 24 heavy (non-hydrogen) atoms. The molecule has 4 heterocycles. The van der Waals surface area contributed by atoms with Crippen LogP contribution in [0.4, 0.5) is 0 Å². The van der Waals surface area contributed by atoms with E-state index in [-0.39, 0.29) is 18.0 Å². The molecule has 0 spiro atoms. The largest absolute Gasteiger partial charge is 0.388 e. The Bertz CT molecular complexity index is 781. The average molecular weight is 325 g/mol. The molecule has 1 aliphatic carbocycles. The van der Waals surface area contributed by atoms with Crippen LogP contribution in [0.5, 0.6) is 0 Å². The van der Waals surface area contributed by atoms with E-state index >= 15 is 0 Å². The van der Waals surface area contributed by atoms with E-state index in [9.17, 15) is 9.90 Å². The number of rotatable bonds is 3. The minimum Gasteiger partial charge on any atom is -0.388 e. The Labute approximate surface area is 141 Å². The quantitative estimate of drug-likeness (QED) is 0.942. The number of hydrogen-bond acceptors (Lipinski definition) is 3. The molecule has 126 valence electrons. The molecule has 0 radical (unpaired) electrons. The summed E-state index contributed by atoms with van der Waals surface area (Å²) >= 11 is 0. The zero-order chi connectivity index (χ0) is 16.3. The third-order valence-electron chi connectivity index (χ3n) is 6.07. The Morgan fingerprint density at radius 1 is 1.21 bits per heavy atom. The molecule has 2 aliphatic heterocycles. The molecule has 1 unspecified atom stereocenters. The molecule has 3 fully saturated rings. The summed E-state index contributed by atoms with van der Waals surface area (Å²) in [6.07, 6.45) is 11.3. The number of fused-ring (bicyclic) bond motifs is 3. The first-order chi connectivity index (χ1) is 11.6. The van der Waals surface area contributed by atoms with Crippen molar-refractivity contribution >= 4 is 16.8 Å². The second kappa shape index (κ2) is 5.06. The van der Waals surface area contributed by atoms with Crippen molar-refractivity contribution in [1.29, 1.82) is 0 Å². The van der Waals surface area contributed by atoms with Gasteiger partial charge in [0.2, 0.25) is 5.91 Å². The highest BCUT2D eigenvalue weighted by molar-refractivity contribution is 5.82. The van der Waals surface area contributed by atoms with E-state index in [0.717, 1.165) is 36.6 Å². The van der Waals surface area contributed by atoms with Gasteiger partial charge in [0.05, 0.1) is 23.9 Å². The first kappa shape index (κ1) is 14.5. The fourth-order valence-corrected chi connectivity index (χ4v) is 4.84. The van der Waals surface area contributed by atoms with E-state index in [1.807, 2.05) is 18.5 Å². The maximum atomic E-state index is 12.6. The molecule has 1 N–H and O–H groups in total. The monoisotopic (exact) mass is 325 g/mol. The Kier molecular flexibility index (Phi) is 3.05. The van der Waals surface area contributed by atoms with Gasteiger partial charge in [0.25, 0.3) is 0 Å². The van der Waals surface area contributed by atoms with E-state index < -0.39 is 5.60 Å². The highest BCUT2D eigenvalue weighted by Crippen LogP contribution is 2.44. The number of piperidine rings is 1. The van der Waals surface area contributed by atoms with Crippen LogP contribution in [0.3, 0.4) is 0 Å². The summed E-state index contributed by atoms with van der Waals surface area (Å²) in [5.41, 5.74) is 0.336. The molecule has 2 bridgehead atoms. The molecule has 5 rings (SSSR count). The highest BCUT2D eigenvalue weighted by atomic mass is 16.3. The number of carbonyl (C=O) groups excluding carboxylic acids is 1. The number of nitrogens with zero attached hydrogens (tertiary/aromatic N) is 3. The van der Waals surface area contributed by atoms with Crippen LogP contribution < -0.4 is 0 Å². The Morgan fingerprint density at radius 3 is 2.67 bits per heavy atom. The van der Waals surface area contributed by atoms with Gasteiger partial charge >= 0.3 is 0 Å². The number of carbonyl (C=O) groups is 1. The summed E-state index contributed by atoms with van der Waals surface area (Å²) < 4.78 is 2.11. The van der Waals surface area contributed by atoms with Crippen molar-refractivity contribution in [2.75, 3.05) is 0 Å². The predicted molar refractivity (Wildman–Crippen MR) is 90.3 cm³/mol. The first-order valence-corrected chi connectivity index (χ1v) is 9.06. The summed E-state index contributed by atoms with van der Waals surface area (Å²) in [4.78, 5) is 18.9. The van der Waals surface area contributed by atoms with Crippen LogP contribution in [0, 0.1) is 5.92 Å². The Balaban J connectivity index is 1.38. The van der Waals surface area contributed by atoms with Crippen molar-refractivity contribution in [2.45, 2.75) is 62.8 Å². The lowest BCUT2D eigenvalue weighted by Crippen LogP contribution is -2.55. The topological polar surface area (TPSA) is 58.4 Å². The normalized spacial score (nSPS) is 32.5. The van der Waals surface area contributed by atoms with Gasteiger partial charge in [0.1, 0.15) is 0 Å². The summed E-state index contributed by atoms with van der Waals surface area (Å²) in [6.45, 7) is 0.584. The molecular weight excluding hydrogens is 302 g/mol. The van der Waals surface area contributed by atoms with E-state index in [1.54, 1.807) is 6.20 Å². The van der Waals surface area contributed by atoms with Gasteiger partial charge in [-0.15, -0.1) is 0 Å². The van der Waals surface area contributed by atoms with Crippen LogP contribution in [0.25, 0.3) is 10.9 Å². The first-order valence-electron chi connectivity index (χ1n) is 9.06. The zero-order valence-corrected chi connectivity index (χ0v) is 13.8. The third-order valence-corrected chi connectivity index (χ3v) is 6.07. The highest BCUT2D eigenvalue weighted by Gasteiger charge is 2.51. The minimum absolute atomic E-state index is 0.224. The van der Waals surface area contributed by atoms with Crippen LogP contribution in [-0.2, 0) is 11.3 Å². The van der Waals surface area contributed by atoms with E-state index in [4.69, 9.17) is 0 Å². The van der Waals surface area contributed by atoms with Crippen LogP contribution >= 0.6 is 0 Å². The number of aromatic nitrogens is 2. The molecule has 1 amide bonds. The number of amides is 1. The lowest BCUT2D eigenvalue weighted by molar-refractivity contribution is -0.143. The van der Waals surface area contributed by atoms with Crippen molar-refractivity contribution in [2.24, 2.45) is 5.92 Å². The van der Waals surface area contributed by atoms with Gasteiger partial charge in [0.15, 0.2) is 0 Å². The van der Waals surface area contributed by atoms with Crippen molar-refractivity contribution in [3.05, 3.63) is 30.7 Å². The molecule has 2 aromatic heterocycles. The fourth-order valence-electron chi connectivity index (χ4n) is 4.84. The molecule has 5 heteroatoms. The molecular formula is C19H23N3O2. The molecule has 5 nitrogen and oxygen atoms in total. The number of hydrogen-bond donors (Lipinski definition) is 1. The smallest absolute Gasteiger partial charge is 0.226 e. The van der Waals surface area contributed by atoms with E-state index in [0.29, 0.717) is 25.3 Å². The van der Waals surface area contributed by atoms with Gasteiger partial charge in [0, 0.05) is 35.8 Å². The summed E-state index contributed by atoms with van der Waals surface area (Å²) in [6, 6.07) is 4.51. The van der Waals surface area contributed by atoms with Gasteiger partial charge in [-0.3, -0.25) is 9.78 Å². The molecule has 2 saturated heterocycles. The van der Waals surface area contributed by atoms with Crippen molar-refractivity contribution in [3.63, 3.8) is 0 Å². The Morgan fingerprint density at radius 2 is 1.96 bits per heavy atom. The van der Waals surface area contributed by atoms with Gasteiger partial charge in [-0.2, -0.15) is 0 Å². The summed E-state index contributed by atoms with van der Waals surface area (Å²) in [7, 11) is 0. The number of aliphatic hydroxyl groups is 1. The molecule has 2 aromatic rings. The van der Waals surface area contributed by atoms with Gasteiger partial charge in [-0.25, -0.2) is 0 Å². The predicted octanol–water partition coefficient (Wildman–Crippen LogP) is 2.33. The van der Waals surface area contributed by atoms with Crippen LogP contribution in [0.2, 0.25) is 0 Å². The van der Waals surface area contributed by atoms with E-state index in [2.05, 4.69) is 20.5 Å². The second-order valence-electron chi connectivity index (χ2n) is 7.92. The summed E-state index contributed by atoms with van der Waals surface area (Å²) in [5, 5.41) is 12.4. The van der Waals surface area contributed by atoms with Crippen LogP contribution in [0.1, 0.15) is 38.5 Å². The summed E-state index contributed by atoms with van der Waals surface area (Å²) in [5.74, 6) is 0.624. The maximum absolute atomic E-state index is 12.6.